The van der Waals surface area contributed by atoms with Crippen LogP contribution in [0.1, 0.15) is 24.2 Å². The van der Waals surface area contributed by atoms with E-state index in [9.17, 15) is 4.79 Å². The van der Waals surface area contributed by atoms with Crippen LogP contribution >= 0.6 is 0 Å². The van der Waals surface area contributed by atoms with Crippen molar-refractivity contribution in [1.29, 1.82) is 0 Å². The summed E-state index contributed by atoms with van der Waals surface area (Å²) in [6.07, 6.45) is 0.0690. The molecule has 0 saturated heterocycles. The molecule has 0 unspecified atom stereocenters. The van der Waals surface area contributed by atoms with Gasteiger partial charge in [-0.05, 0) is 26.0 Å². The summed E-state index contributed by atoms with van der Waals surface area (Å²) in [7, 11) is 1.58. The Kier molecular flexibility index (Phi) is 4.31. The van der Waals surface area contributed by atoms with Crippen LogP contribution in [0.4, 0.5) is 0 Å². The molecule has 0 heterocycles. The van der Waals surface area contributed by atoms with E-state index in [1.54, 1.807) is 31.4 Å². The topological polar surface area (TPSA) is 35.5 Å². The molecule has 3 heteroatoms. The summed E-state index contributed by atoms with van der Waals surface area (Å²) in [6, 6.07) is 7.07. The normalized spacial score (nSPS) is 10.4. The molecule has 3 nitrogen and oxygen atoms in total. The molecule has 1 aromatic carbocycles. The molecule has 1 rings (SSSR count). The Morgan fingerprint density at radius 3 is 2.73 bits per heavy atom. The molecule has 0 aliphatic carbocycles. The Hall–Kier alpha value is -1.35. The first kappa shape index (κ1) is 11.7. The third kappa shape index (κ3) is 3.72. The lowest BCUT2D eigenvalue weighted by molar-refractivity contribution is 0.0584. The molecule has 0 spiro atoms. The van der Waals surface area contributed by atoms with Crippen molar-refractivity contribution < 1.29 is 14.3 Å². The summed E-state index contributed by atoms with van der Waals surface area (Å²) in [6.45, 7) is 3.92. The van der Waals surface area contributed by atoms with Gasteiger partial charge in [0, 0.05) is 5.56 Å². The number of benzene rings is 1. The van der Waals surface area contributed by atoms with Crippen molar-refractivity contribution in [3.05, 3.63) is 29.8 Å². The minimum Gasteiger partial charge on any atom is -0.497 e. The standard InChI is InChI=1S/C12H16O3/c1-9(2)15-8-12(13)10-5-4-6-11(7-10)14-3/h4-7,9H,8H2,1-3H3. The highest BCUT2D eigenvalue weighted by Crippen LogP contribution is 2.13. The number of ketones is 1. The second-order valence-electron chi connectivity index (χ2n) is 3.51. The average molecular weight is 208 g/mol. The summed E-state index contributed by atoms with van der Waals surface area (Å²) in [5, 5.41) is 0. The van der Waals surface area contributed by atoms with Crippen molar-refractivity contribution in [1.82, 2.24) is 0 Å². The van der Waals surface area contributed by atoms with Gasteiger partial charge < -0.3 is 9.47 Å². The Balaban J connectivity index is 2.65. The van der Waals surface area contributed by atoms with Gasteiger partial charge in [0.15, 0.2) is 5.78 Å². The summed E-state index contributed by atoms with van der Waals surface area (Å²) in [5.74, 6) is 0.660. The molecule has 0 saturated carbocycles. The van der Waals surface area contributed by atoms with Gasteiger partial charge in [-0.2, -0.15) is 0 Å². The number of methoxy groups -OCH3 is 1. The van der Waals surface area contributed by atoms with Gasteiger partial charge in [0.2, 0.25) is 0 Å². The Bertz CT molecular complexity index is 331. The van der Waals surface area contributed by atoms with E-state index in [-0.39, 0.29) is 18.5 Å². The predicted molar refractivity (Wildman–Crippen MR) is 58.4 cm³/mol. The fourth-order valence-corrected chi connectivity index (χ4v) is 1.12. The Morgan fingerprint density at radius 2 is 2.13 bits per heavy atom. The van der Waals surface area contributed by atoms with Crippen LogP contribution < -0.4 is 4.74 Å². The van der Waals surface area contributed by atoms with Gasteiger partial charge in [0.25, 0.3) is 0 Å². The van der Waals surface area contributed by atoms with Crippen molar-refractivity contribution in [2.24, 2.45) is 0 Å². The lowest BCUT2D eigenvalue weighted by atomic mass is 10.1. The van der Waals surface area contributed by atoms with E-state index in [0.29, 0.717) is 11.3 Å². The van der Waals surface area contributed by atoms with Gasteiger partial charge in [-0.1, -0.05) is 12.1 Å². The highest BCUT2D eigenvalue weighted by atomic mass is 16.5. The van der Waals surface area contributed by atoms with Crippen molar-refractivity contribution in [2.75, 3.05) is 13.7 Å². The van der Waals surface area contributed by atoms with Gasteiger partial charge in [0.1, 0.15) is 12.4 Å². The van der Waals surface area contributed by atoms with Gasteiger partial charge in [-0.15, -0.1) is 0 Å². The van der Waals surface area contributed by atoms with Crippen LogP contribution in [-0.4, -0.2) is 25.6 Å². The molecule has 15 heavy (non-hydrogen) atoms. The largest absolute Gasteiger partial charge is 0.497 e. The quantitative estimate of drug-likeness (QED) is 0.696. The first-order valence-electron chi connectivity index (χ1n) is 4.92. The predicted octanol–water partition coefficient (Wildman–Crippen LogP) is 2.30. The second-order valence-corrected chi connectivity index (χ2v) is 3.51. The molecule has 1 aromatic rings. The maximum absolute atomic E-state index is 11.6. The molecule has 0 fully saturated rings. The molecule has 0 aromatic heterocycles. The third-order valence-corrected chi connectivity index (χ3v) is 1.94. The second kappa shape index (κ2) is 5.51. The Labute approximate surface area is 90.0 Å². The first-order chi connectivity index (χ1) is 7.13. The van der Waals surface area contributed by atoms with E-state index in [1.165, 1.54) is 0 Å². The minimum atomic E-state index is -0.0254. The summed E-state index contributed by atoms with van der Waals surface area (Å²) in [5.41, 5.74) is 0.620. The number of carbonyl (C=O) groups is 1. The van der Waals surface area contributed by atoms with Crippen molar-refractivity contribution in [2.45, 2.75) is 20.0 Å². The average Bonchev–Trinajstić information content (AvgIpc) is 2.26. The number of hydrogen-bond acceptors (Lipinski definition) is 3. The van der Waals surface area contributed by atoms with E-state index in [2.05, 4.69) is 0 Å². The first-order valence-corrected chi connectivity index (χ1v) is 4.92. The number of hydrogen-bond donors (Lipinski definition) is 0. The summed E-state index contributed by atoms with van der Waals surface area (Å²) in [4.78, 5) is 11.6. The van der Waals surface area contributed by atoms with Gasteiger partial charge in [-0.25, -0.2) is 0 Å². The molecule has 0 bridgehead atoms. The zero-order valence-corrected chi connectivity index (χ0v) is 9.32. The minimum absolute atomic E-state index is 0.0254. The molecule has 0 aliphatic rings. The van der Waals surface area contributed by atoms with E-state index < -0.39 is 0 Å². The summed E-state index contributed by atoms with van der Waals surface area (Å²) >= 11 is 0. The molecule has 0 amide bonds. The number of rotatable bonds is 5. The van der Waals surface area contributed by atoms with E-state index in [1.807, 2.05) is 13.8 Å². The maximum atomic E-state index is 11.6. The number of ether oxygens (including phenoxy) is 2. The zero-order valence-electron chi connectivity index (χ0n) is 9.32. The zero-order chi connectivity index (χ0) is 11.3. The van der Waals surface area contributed by atoms with Crippen LogP contribution in [0.2, 0.25) is 0 Å². The lowest BCUT2D eigenvalue weighted by Gasteiger charge is -2.07. The lowest BCUT2D eigenvalue weighted by Crippen LogP contribution is -2.13. The molecule has 0 aliphatic heterocycles. The van der Waals surface area contributed by atoms with E-state index >= 15 is 0 Å². The monoisotopic (exact) mass is 208 g/mol. The molecular formula is C12H16O3. The van der Waals surface area contributed by atoms with Crippen LogP contribution in [0, 0.1) is 0 Å². The molecule has 82 valence electrons. The maximum Gasteiger partial charge on any atom is 0.188 e. The van der Waals surface area contributed by atoms with Crippen LogP contribution in [-0.2, 0) is 4.74 Å². The van der Waals surface area contributed by atoms with E-state index in [4.69, 9.17) is 9.47 Å². The molecule has 0 N–H and O–H groups in total. The van der Waals surface area contributed by atoms with Crippen molar-refractivity contribution >= 4 is 5.78 Å². The van der Waals surface area contributed by atoms with Crippen molar-refractivity contribution in [3.63, 3.8) is 0 Å². The van der Waals surface area contributed by atoms with Gasteiger partial charge >= 0.3 is 0 Å². The smallest absolute Gasteiger partial charge is 0.188 e. The molecular weight excluding hydrogens is 192 g/mol. The molecule has 0 atom stereocenters. The third-order valence-electron chi connectivity index (χ3n) is 1.94. The number of Topliss-reactive ketones (excluding diaryl/α,β-unsaturated/α-hetero) is 1. The van der Waals surface area contributed by atoms with Crippen molar-refractivity contribution in [3.8, 4) is 5.75 Å². The summed E-state index contributed by atoms with van der Waals surface area (Å²) < 4.78 is 10.3. The highest BCUT2D eigenvalue weighted by molar-refractivity contribution is 5.97. The van der Waals surface area contributed by atoms with Crippen LogP contribution in [0.3, 0.4) is 0 Å². The number of carbonyl (C=O) groups excluding carboxylic acids is 1. The van der Waals surface area contributed by atoms with Crippen LogP contribution in [0.25, 0.3) is 0 Å². The fourth-order valence-electron chi connectivity index (χ4n) is 1.12. The van der Waals surface area contributed by atoms with Crippen LogP contribution in [0.5, 0.6) is 5.75 Å². The fraction of sp³-hybridized carbons (Fsp3) is 0.417. The highest BCUT2D eigenvalue weighted by Gasteiger charge is 2.07. The molecule has 0 radical (unpaired) electrons. The SMILES string of the molecule is COc1cccc(C(=O)COC(C)C)c1. The van der Waals surface area contributed by atoms with Gasteiger partial charge in [0.05, 0.1) is 13.2 Å². The van der Waals surface area contributed by atoms with E-state index in [0.717, 1.165) is 0 Å². The van der Waals surface area contributed by atoms with Crippen LogP contribution in [0.15, 0.2) is 24.3 Å². The van der Waals surface area contributed by atoms with Gasteiger partial charge in [-0.3, -0.25) is 4.79 Å². The Morgan fingerprint density at radius 1 is 1.40 bits per heavy atom.